The zero-order valence-electron chi connectivity index (χ0n) is 12.0. The summed E-state index contributed by atoms with van der Waals surface area (Å²) >= 11 is 0. The van der Waals surface area contributed by atoms with Crippen LogP contribution in [-0.2, 0) is 4.79 Å². The smallest absolute Gasteiger partial charge is 0.326 e. The summed E-state index contributed by atoms with van der Waals surface area (Å²) in [6.45, 7) is 5.86. The second-order valence-corrected chi connectivity index (χ2v) is 5.52. The minimum atomic E-state index is -0.980. The summed E-state index contributed by atoms with van der Waals surface area (Å²) in [6, 6.07) is -1.08. The first kappa shape index (κ1) is 15.8. The number of aliphatic carboxylic acids is 1. The lowest BCUT2D eigenvalue weighted by Crippen LogP contribution is -2.53. The van der Waals surface area contributed by atoms with Crippen LogP contribution in [0.25, 0.3) is 0 Å². The van der Waals surface area contributed by atoms with Gasteiger partial charge in [-0.25, -0.2) is 9.59 Å². The SMILES string of the molecule is CNCC1CCCN(C(=O)N[C@H](C(=O)O)C(C)C)C1. The maximum absolute atomic E-state index is 12.1. The zero-order chi connectivity index (χ0) is 14.4. The van der Waals surface area contributed by atoms with Crippen molar-refractivity contribution in [1.29, 1.82) is 0 Å². The van der Waals surface area contributed by atoms with Crippen molar-refractivity contribution in [3.63, 3.8) is 0 Å². The molecule has 0 aromatic heterocycles. The molecule has 3 N–H and O–H groups in total. The molecule has 1 aliphatic rings. The third-order valence-electron chi connectivity index (χ3n) is 3.51. The lowest BCUT2D eigenvalue weighted by molar-refractivity contribution is -0.140. The normalized spacial score (nSPS) is 21.3. The highest BCUT2D eigenvalue weighted by molar-refractivity contribution is 5.82. The van der Waals surface area contributed by atoms with Crippen molar-refractivity contribution in [1.82, 2.24) is 15.5 Å². The number of carboxylic acids is 1. The van der Waals surface area contributed by atoms with Crippen LogP contribution < -0.4 is 10.6 Å². The van der Waals surface area contributed by atoms with Crippen LogP contribution >= 0.6 is 0 Å². The molecule has 1 fully saturated rings. The number of likely N-dealkylation sites (tertiary alicyclic amines) is 1. The van der Waals surface area contributed by atoms with E-state index in [2.05, 4.69) is 10.6 Å². The Morgan fingerprint density at radius 2 is 2.11 bits per heavy atom. The van der Waals surface area contributed by atoms with Crippen LogP contribution in [0, 0.1) is 11.8 Å². The highest BCUT2D eigenvalue weighted by Gasteiger charge is 2.28. The highest BCUT2D eigenvalue weighted by atomic mass is 16.4. The minimum absolute atomic E-state index is 0.126. The molecular weight excluding hydrogens is 246 g/mol. The molecule has 6 nitrogen and oxygen atoms in total. The van der Waals surface area contributed by atoms with Crippen molar-refractivity contribution in [2.24, 2.45) is 11.8 Å². The Balaban J connectivity index is 2.54. The summed E-state index contributed by atoms with van der Waals surface area (Å²) in [5, 5.41) is 14.8. The maximum Gasteiger partial charge on any atom is 0.326 e. The maximum atomic E-state index is 12.1. The molecule has 0 bridgehead atoms. The van der Waals surface area contributed by atoms with Gasteiger partial charge in [-0.3, -0.25) is 0 Å². The van der Waals surface area contributed by atoms with Gasteiger partial charge in [-0.15, -0.1) is 0 Å². The van der Waals surface area contributed by atoms with Crippen molar-refractivity contribution in [2.45, 2.75) is 32.7 Å². The molecule has 19 heavy (non-hydrogen) atoms. The van der Waals surface area contributed by atoms with E-state index in [1.54, 1.807) is 18.7 Å². The molecule has 2 atom stereocenters. The highest BCUT2D eigenvalue weighted by Crippen LogP contribution is 2.16. The van der Waals surface area contributed by atoms with E-state index in [4.69, 9.17) is 5.11 Å². The Labute approximate surface area is 114 Å². The molecule has 0 aromatic rings. The lowest BCUT2D eigenvalue weighted by atomic mass is 9.98. The van der Waals surface area contributed by atoms with Gasteiger partial charge >= 0.3 is 12.0 Å². The van der Waals surface area contributed by atoms with Gasteiger partial charge in [-0.05, 0) is 38.3 Å². The van der Waals surface area contributed by atoms with Crippen molar-refractivity contribution >= 4 is 12.0 Å². The molecule has 0 aromatic carbocycles. The van der Waals surface area contributed by atoms with Crippen molar-refractivity contribution in [3.8, 4) is 0 Å². The van der Waals surface area contributed by atoms with Crippen molar-refractivity contribution in [3.05, 3.63) is 0 Å². The summed E-state index contributed by atoms with van der Waals surface area (Å²) in [7, 11) is 1.90. The van der Waals surface area contributed by atoms with Crippen LogP contribution in [0.2, 0.25) is 0 Å². The Hall–Kier alpha value is -1.30. The standard InChI is InChI=1S/C13H25N3O3/c1-9(2)11(12(17)18)15-13(19)16-6-4-5-10(8-16)7-14-3/h9-11,14H,4-8H2,1-3H3,(H,15,19)(H,17,18)/t10?,11-/m0/s1. The molecule has 0 radical (unpaired) electrons. The quantitative estimate of drug-likeness (QED) is 0.689. The Morgan fingerprint density at radius 1 is 1.42 bits per heavy atom. The van der Waals surface area contributed by atoms with E-state index in [0.29, 0.717) is 19.0 Å². The average Bonchev–Trinajstić information content (AvgIpc) is 2.35. The van der Waals surface area contributed by atoms with Gasteiger partial charge in [-0.2, -0.15) is 0 Å². The molecule has 110 valence electrons. The third kappa shape index (κ3) is 4.70. The van der Waals surface area contributed by atoms with Crippen LogP contribution in [0.15, 0.2) is 0 Å². The Morgan fingerprint density at radius 3 is 2.63 bits per heavy atom. The fourth-order valence-electron chi connectivity index (χ4n) is 2.44. The van der Waals surface area contributed by atoms with Gasteiger partial charge in [0.05, 0.1) is 0 Å². The molecule has 2 amide bonds. The number of carbonyl (C=O) groups excluding carboxylic acids is 1. The number of carboxylic acid groups (broad SMARTS) is 1. The molecule has 1 unspecified atom stereocenters. The summed E-state index contributed by atoms with van der Waals surface area (Å²) < 4.78 is 0. The summed E-state index contributed by atoms with van der Waals surface area (Å²) in [6.07, 6.45) is 2.08. The largest absolute Gasteiger partial charge is 0.480 e. The van der Waals surface area contributed by atoms with Gasteiger partial charge in [0.25, 0.3) is 0 Å². The first-order valence-electron chi connectivity index (χ1n) is 6.88. The van der Waals surface area contributed by atoms with E-state index in [1.807, 2.05) is 7.05 Å². The second kappa shape index (κ2) is 7.33. The number of rotatable bonds is 5. The number of hydrogen-bond donors (Lipinski definition) is 3. The summed E-state index contributed by atoms with van der Waals surface area (Å²) in [5.74, 6) is -0.654. The molecular formula is C13H25N3O3. The molecule has 1 rings (SSSR count). The molecule has 1 heterocycles. The van der Waals surface area contributed by atoms with E-state index in [0.717, 1.165) is 19.4 Å². The fraction of sp³-hybridized carbons (Fsp3) is 0.846. The van der Waals surface area contributed by atoms with Gasteiger partial charge in [0.2, 0.25) is 0 Å². The van der Waals surface area contributed by atoms with Gasteiger partial charge in [0.1, 0.15) is 6.04 Å². The Bertz CT molecular complexity index is 318. The molecule has 0 spiro atoms. The van der Waals surface area contributed by atoms with Gasteiger partial charge < -0.3 is 20.6 Å². The van der Waals surface area contributed by atoms with E-state index in [9.17, 15) is 9.59 Å². The number of urea groups is 1. The van der Waals surface area contributed by atoms with Crippen LogP contribution in [0.4, 0.5) is 4.79 Å². The predicted molar refractivity (Wildman–Crippen MR) is 73.0 cm³/mol. The summed E-state index contributed by atoms with van der Waals surface area (Å²) in [4.78, 5) is 24.9. The zero-order valence-corrected chi connectivity index (χ0v) is 12.0. The molecule has 0 saturated carbocycles. The topological polar surface area (TPSA) is 81.7 Å². The van der Waals surface area contributed by atoms with E-state index >= 15 is 0 Å². The van der Waals surface area contributed by atoms with Crippen molar-refractivity contribution in [2.75, 3.05) is 26.7 Å². The molecule has 0 aliphatic carbocycles. The first-order valence-corrected chi connectivity index (χ1v) is 6.88. The van der Waals surface area contributed by atoms with Gasteiger partial charge in [0.15, 0.2) is 0 Å². The van der Waals surface area contributed by atoms with E-state index in [-0.39, 0.29) is 11.9 Å². The van der Waals surface area contributed by atoms with Crippen LogP contribution in [0.1, 0.15) is 26.7 Å². The third-order valence-corrected chi connectivity index (χ3v) is 3.51. The lowest BCUT2D eigenvalue weighted by Gasteiger charge is -2.33. The van der Waals surface area contributed by atoms with Gasteiger partial charge in [0, 0.05) is 13.1 Å². The molecule has 1 aliphatic heterocycles. The number of nitrogens with one attached hydrogen (secondary N) is 2. The number of amides is 2. The number of piperidine rings is 1. The number of carbonyl (C=O) groups is 2. The monoisotopic (exact) mass is 271 g/mol. The van der Waals surface area contributed by atoms with E-state index in [1.165, 1.54) is 0 Å². The predicted octanol–water partition coefficient (Wildman–Crippen LogP) is 0.737. The first-order chi connectivity index (χ1) is 8.95. The second-order valence-electron chi connectivity index (χ2n) is 5.52. The fourth-order valence-corrected chi connectivity index (χ4v) is 2.44. The molecule has 1 saturated heterocycles. The summed E-state index contributed by atoms with van der Waals surface area (Å²) in [5.41, 5.74) is 0. The minimum Gasteiger partial charge on any atom is -0.480 e. The van der Waals surface area contributed by atoms with Crippen LogP contribution in [0.5, 0.6) is 0 Å². The van der Waals surface area contributed by atoms with Gasteiger partial charge in [-0.1, -0.05) is 13.8 Å². The molecule has 6 heteroatoms. The van der Waals surface area contributed by atoms with Crippen molar-refractivity contribution < 1.29 is 14.7 Å². The Kier molecular flexibility index (Phi) is 6.08. The number of hydrogen-bond acceptors (Lipinski definition) is 3. The van der Waals surface area contributed by atoms with E-state index < -0.39 is 12.0 Å². The number of nitrogens with zero attached hydrogens (tertiary/aromatic N) is 1. The average molecular weight is 271 g/mol. The van der Waals surface area contributed by atoms with Crippen LogP contribution in [-0.4, -0.2) is 54.7 Å². The van der Waals surface area contributed by atoms with Crippen LogP contribution in [0.3, 0.4) is 0 Å².